The van der Waals surface area contributed by atoms with E-state index >= 15 is 4.39 Å². The van der Waals surface area contributed by atoms with Gasteiger partial charge >= 0.3 is 0 Å². The number of likely N-dealkylation sites (N-methyl/N-ethyl adjacent to an activating group) is 1. The molecule has 3 aromatic rings. The predicted octanol–water partition coefficient (Wildman–Crippen LogP) is 5.29. The van der Waals surface area contributed by atoms with Crippen molar-refractivity contribution >= 4 is 34.6 Å². The summed E-state index contributed by atoms with van der Waals surface area (Å²) < 4.78 is 31.5. The second kappa shape index (κ2) is 12.5. The number of aromatic nitrogens is 3. The van der Waals surface area contributed by atoms with Crippen LogP contribution in [-0.4, -0.2) is 64.1 Å². The van der Waals surface area contributed by atoms with E-state index in [4.69, 9.17) is 17.3 Å². The summed E-state index contributed by atoms with van der Waals surface area (Å²) in [4.78, 5) is 17.8. The average molecular weight is 601 g/mol. The number of nitrogens with one attached hydrogen (secondary N) is 2. The fourth-order valence-electron chi connectivity index (χ4n) is 5.89. The number of nitrogens with two attached hydrogens (primary N) is 1. The SMILES string of the molecule is Cc1c(F)c(N)cc(C(=O)Nc2cc(-n3cc(CNC4CCCCC4)nn3)c(F)cc2N2C[C@@H](C)N(C)[C@@H](C)C2)c1Cl. The zero-order valence-corrected chi connectivity index (χ0v) is 25.3. The van der Waals surface area contributed by atoms with Crippen LogP contribution in [0, 0.1) is 18.6 Å². The highest BCUT2D eigenvalue weighted by atomic mass is 35.5. The molecule has 1 aliphatic heterocycles. The molecule has 1 aromatic heterocycles. The maximum absolute atomic E-state index is 15.8. The number of nitrogen functional groups attached to an aromatic ring is 1. The number of piperazine rings is 1. The maximum Gasteiger partial charge on any atom is 0.257 e. The molecule has 0 radical (unpaired) electrons. The lowest BCUT2D eigenvalue weighted by Gasteiger charge is -2.44. The lowest BCUT2D eigenvalue weighted by molar-refractivity contribution is 0.102. The number of carbonyl (C=O) groups is 1. The molecule has 0 spiro atoms. The van der Waals surface area contributed by atoms with Crippen molar-refractivity contribution in [1.82, 2.24) is 25.2 Å². The minimum absolute atomic E-state index is 0.0295. The Hall–Kier alpha value is -3.28. The third-order valence-corrected chi connectivity index (χ3v) is 9.16. The molecule has 1 saturated heterocycles. The van der Waals surface area contributed by atoms with Gasteiger partial charge in [0.1, 0.15) is 5.69 Å². The molecule has 1 saturated carbocycles. The van der Waals surface area contributed by atoms with E-state index < -0.39 is 17.5 Å². The van der Waals surface area contributed by atoms with Gasteiger partial charge in [0.25, 0.3) is 5.91 Å². The van der Waals surface area contributed by atoms with Gasteiger partial charge in [-0.1, -0.05) is 36.1 Å². The summed E-state index contributed by atoms with van der Waals surface area (Å²) in [5, 5.41) is 14.8. The molecular formula is C30H39ClF2N8O. The molecule has 2 aliphatic rings. The summed E-state index contributed by atoms with van der Waals surface area (Å²) in [5.41, 5.74) is 7.47. The van der Waals surface area contributed by atoms with Gasteiger partial charge in [0.15, 0.2) is 11.6 Å². The van der Waals surface area contributed by atoms with Crippen LogP contribution in [0.25, 0.3) is 5.69 Å². The van der Waals surface area contributed by atoms with E-state index in [9.17, 15) is 9.18 Å². The van der Waals surface area contributed by atoms with Gasteiger partial charge in [-0.3, -0.25) is 9.69 Å². The smallest absolute Gasteiger partial charge is 0.257 e. The Morgan fingerprint density at radius 3 is 2.48 bits per heavy atom. The van der Waals surface area contributed by atoms with E-state index in [1.807, 2.05) is 0 Å². The third-order valence-electron chi connectivity index (χ3n) is 8.67. The van der Waals surface area contributed by atoms with Gasteiger partial charge in [0, 0.05) is 49.4 Å². The fourth-order valence-corrected chi connectivity index (χ4v) is 6.12. The summed E-state index contributed by atoms with van der Waals surface area (Å²) in [5.74, 6) is -1.75. The molecule has 12 heteroatoms. The van der Waals surface area contributed by atoms with E-state index in [1.54, 1.807) is 12.3 Å². The first-order valence-electron chi connectivity index (χ1n) is 14.5. The van der Waals surface area contributed by atoms with Crippen molar-refractivity contribution in [2.75, 3.05) is 36.1 Å². The number of amides is 1. The molecule has 0 unspecified atom stereocenters. The van der Waals surface area contributed by atoms with E-state index in [-0.39, 0.29) is 39.6 Å². The molecular weight excluding hydrogens is 562 g/mol. The molecule has 2 aromatic carbocycles. The summed E-state index contributed by atoms with van der Waals surface area (Å²) in [6.45, 7) is 7.47. The van der Waals surface area contributed by atoms with Crippen LogP contribution in [0.5, 0.6) is 0 Å². The minimum atomic E-state index is -0.665. The third kappa shape index (κ3) is 6.23. The molecule has 226 valence electrons. The summed E-state index contributed by atoms with van der Waals surface area (Å²) in [7, 11) is 2.06. The maximum atomic E-state index is 15.8. The number of rotatable bonds is 7. The Bertz CT molecular complexity index is 1450. The van der Waals surface area contributed by atoms with Crippen LogP contribution in [0.3, 0.4) is 0 Å². The monoisotopic (exact) mass is 600 g/mol. The quantitative estimate of drug-likeness (QED) is 0.316. The Morgan fingerprint density at radius 2 is 1.79 bits per heavy atom. The molecule has 1 amide bonds. The topological polar surface area (TPSA) is 104 Å². The second-order valence-electron chi connectivity index (χ2n) is 11.7. The largest absolute Gasteiger partial charge is 0.396 e. The number of hydrogen-bond acceptors (Lipinski definition) is 7. The van der Waals surface area contributed by atoms with E-state index in [0.717, 1.165) is 12.8 Å². The van der Waals surface area contributed by atoms with Crippen LogP contribution in [0.15, 0.2) is 24.4 Å². The van der Waals surface area contributed by atoms with Gasteiger partial charge < -0.3 is 21.3 Å². The van der Waals surface area contributed by atoms with E-state index in [0.29, 0.717) is 42.7 Å². The van der Waals surface area contributed by atoms with Gasteiger partial charge in [-0.15, -0.1) is 5.10 Å². The molecule has 5 rings (SSSR count). The highest BCUT2D eigenvalue weighted by molar-refractivity contribution is 6.35. The Morgan fingerprint density at radius 1 is 1.10 bits per heavy atom. The van der Waals surface area contributed by atoms with Crippen LogP contribution in [0.1, 0.15) is 67.6 Å². The second-order valence-corrected chi connectivity index (χ2v) is 12.1. The number of nitrogens with zero attached hydrogens (tertiary/aromatic N) is 5. The van der Waals surface area contributed by atoms with Crippen molar-refractivity contribution in [2.45, 2.75) is 77.5 Å². The molecule has 2 heterocycles. The first-order valence-corrected chi connectivity index (χ1v) is 14.9. The molecule has 4 N–H and O–H groups in total. The highest BCUT2D eigenvalue weighted by Crippen LogP contribution is 2.35. The summed E-state index contributed by atoms with van der Waals surface area (Å²) in [6, 6.07) is 5.03. The zero-order chi connectivity index (χ0) is 30.1. The normalized spacial score (nSPS) is 20.2. The van der Waals surface area contributed by atoms with Crippen LogP contribution in [-0.2, 0) is 6.54 Å². The predicted molar refractivity (Wildman–Crippen MR) is 162 cm³/mol. The summed E-state index contributed by atoms with van der Waals surface area (Å²) in [6.07, 6.45) is 7.68. The first kappa shape index (κ1) is 30.2. The molecule has 2 fully saturated rings. The zero-order valence-electron chi connectivity index (χ0n) is 24.6. The van der Waals surface area contributed by atoms with Crippen molar-refractivity contribution in [3.05, 3.63) is 57.9 Å². The minimum Gasteiger partial charge on any atom is -0.396 e. The van der Waals surface area contributed by atoms with Gasteiger partial charge in [-0.2, -0.15) is 0 Å². The van der Waals surface area contributed by atoms with Crippen LogP contribution >= 0.6 is 11.6 Å². The molecule has 2 atom stereocenters. The Balaban J connectivity index is 1.48. The van der Waals surface area contributed by atoms with Gasteiger partial charge in [-0.05, 0) is 52.8 Å². The Kier molecular flexibility index (Phi) is 9.00. The van der Waals surface area contributed by atoms with Gasteiger partial charge in [-0.25, -0.2) is 13.5 Å². The highest BCUT2D eigenvalue weighted by Gasteiger charge is 2.30. The van der Waals surface area contributed by atoms with E-state index in [2.05, 4.69) is 51.6 Å². The summed E-state index contributed by atoms with van der Waals surface area (Å²) >= 11 is 6.35. The van der Waals surface area contributed by atoms with Crippen molar-refractivity contribution < 1.29 is 13.6 Å². The first-order chi connectivity index (χ1) is 20.0. The van der Waals surface area contributed by atoms with Crippen LogP contribution < -0.4 is 21.3 Å². The fraction of sp³-hybridized carbons (Fsp3) is 0.500. The molecule has 0 bridgehead atoms. The van der Waals surface area contributed by atoms with Crippen LogP contribution in [0.2, 0.25) is 5.02 Å². The van der Waals surface area contributed by atoms with Gasteiger partial charge in [0.05, 0.1) is 39.5 Å². The average Bonchev–Trinajstić information content (AvgIpc) is 3.45. The molecule has 42 heavy (non-hydrogen) atoms. The van der Waals surface area contributed by atoms with Crippen LogP contribution in [0.4, 0.5) is 25.8 Å². The Labute approximate surface area is 250 Å². The number of carbonyl (C=O) groups excluding carboxylic acids is 1. The molecule has 9 nitrogen and oxygen atoms in total. The van der Waals surface area contributed by atoms with Crippen molar-refractivity contribution in [2.24, 2.45) is 0 Å². The van der Waals surface area contributed by atoms with Crippen molar-refractivity contribution in [1.29, 1.82) is 0 Å². The number of benzene rings is 2. The lowest BCUT2D eigenvalue weighted by atomic mass is 9.95. The number of anilines is 3. The number of halogens is 3. The van der Waals surface area contributed by atoms with Gasteiger partial charge in [0.2, 0.25) is 0 Å². The number of hydrogen-bond donors (Lipinski definition) is 3. The van der Waals surface area contributed by atoms with Crippen molar-refractivity contribution in [3.8, 4) is 5.69 Å². The van der Waals surface area contributed by atoms with Crippen molar-refractivity contribution in [3.63, 3.8) is 0 Å². The van der Waals surface area contributed by atoms with E-state index in [1.165, 1.54) is 43.0 Å². The lowest BCUT2D eigenvalue weighted by Crippen LogP contribution is -2.55. The molecule has 1 aliphatic carbocycles. The standard InChI is InChI=1S/C30H39ClF2N8O/c1-17-14-40(15-18(2)39(17)4)27-11-23(32)26(41-16-21(37-38-41)13-35-20-8-6-5-7-9-20)12-25(27)36-30(42)22-10-24(34)29(33)19(3)28(22)31/h10-12,16-18,20,35H,5-9,13-15,34H2,1-4H3,(H,36,42)/t17-,18+.